The van der Waals surface area contributed by atoms with E-state index in [1.54, 1.807) is 12.2 Å². The van der Waals surface area contributed by atoms with E-state index in [2.05, 4.69) is 16.3 Å². The van der Waals surface area contributed by atoms with E-state index in [0.717, 1.165) is 0 Å². The first-order valence-electron chi connectivity index (χ1n) is 2.80. The van der Waals surface area contributed by atoms with Crippen molar-refractivity contribution in [3.05, 3.63) is 24.2 Å². The Balaban J connectivity index is 2.56. The molecule has 1 aliphatic heterocycles. The first-order valence-corrected chi connectivity index (χ1v) is 5.43. The zero-order chi connectivity index (χ0) is 8.32. The van der Waals surface area contributed by atoms with Crippen LogP contribution in [0.5, 0.6) is 0 Å². The van der Waals surface area contributed by atoms with Gasteiger partial charge in [-0.25, -0.2) is 0 Å². The third-order valence-electron chi connectivity index (χ3n) is 0.919. The molecule has 0 bridgehead atoms. The molecule has 0 unspecified atom stereocenters. The molecule has 0 amide bonds. The second-order valence-electron chi connectivity index (χ2n) is 1.85. The number of rotatable bonds is 2. The highest BCUT2D eigenvalue weighted by Crippen LogP contribution is 2.39. The molecule has 0 aromatic carbocycles. The predicted octanol–water partition coefficient (Wildman–Crippen LogP) is 0.640. The average Bonchev–Trinajstić information content (AvgIpc) is 1.85. The Morgan fingerprint density at radius 3 is 2.82 bits per heavy atom. The van der Waals surface area contributed by atoms with E-state index < -0.39 is 6.72 Å². The van der Waals surface area contributed by atoms with Crippen LogP contribution in [0.1, 0.15) is 0 Å². The Labute approximate surface area is 69.0 Å². The summed E-state index contributed by atoms with van der Waals surface area (Å²) in [5.41, 5.74) is 0. The maximum Gasteiger partial charge on any atom is 0.375 e. The van der Waals surface area contributed by atoms with Crippen molar-refractivity contribution < 1.29 is 19.0 Å². The van der Waals surface area contributed by atoms with Gasteiger partial charge in [0.1, 0.15) is 12.4 Å². The van der Waals surface area contributed by atoms with Gasteiger partial charge in [0, 0.05) is 11.8 Å². The second kappa shape index (κ2) is 3.36. The van der Waals surface area contributed by atoms with E-state index in [9.17, 15) is 0 Å². The lowest BCUT2D eigenvalue weighted by Gasteiger charge is -2.14. The molecule has 0 spiro atoms. The van der Waals surface area contributed by atoms with Gasteiger partial charge in [-0.2, -0.15) is 0 Å². The quantitative estimate of drug-likeness (QED) is 0.632. The summed E-state index contributed by atoms with van der Waals surface area (Å²) in [5, 5.41) is 0. The molecule has 4 nitrogen and oxygen atoms in total. The van der Waals surface area contributed by atoms with Gasteiger partial charge in [0.05, 0.1) is 6.26 Å². The van der Waals surface area contributed by atoms with Crippen LogP contribution in [0.2, 0.25) is 0 Å². The van der Waals surface area contributed by atoms with E-state index in [-0.39, 0.29) is 6.61 Å². The standard InChI is InChI=1S/C5H7O4PS/c6-10(7,11)9-5-2-1-3-8-4-5/h1-3H,4H2,(H2,6,7,11). The maximum atomic E-state index is 8.71. The van der Waals surface area contributed by atoms with E-state index >= 15 is 0 Å². The fourth-order valence-electron chi connectivity index (χ4n) is 0.590. The molecule has 1 rings (SSSR count). The van der Waals surface area contributed by atoms with Crippen molar-refractivity contribution in [3.8, 4) is 0 Å². The first-order chi connectivity index (χ1) is 5.08. The van der Waals surface area contributed by atoms with E-state index in [4.69, 9.17) is 14.5 Å². The fourth-order valence-corrected chi connectivity index (χ4v) is 1.30. The van der Waals surface area contributed by atoms with Crippen LogP contribution in [-0.4, -0.2) is 16.4 Å². The van der Waals surface area contributed by atoms with Crippen LogP contribution in [0, 0.1) is 0 Å². The molecule has 1 aliphatic rings. The van der Waals surface area contributed by atoms with Crippen LogP contribution >= 0.6 is 6.72 Å². The van der Waals surface area contributed by atoms with Gasteiger partial charge in [0.25, 0.3) is 0 Å². The molecule has 0 aromatic rings. The van der Waals surface area contributed by atoms with Gasteiger partial charge in [0.15, 0.2) is 0 Å². The molecule has 2 N–H and O–H groups in total. The van der Waals surface area contributed by atoms with Crippen LogP contribution in [0.25, 0.3) is 0 Å². The predicted molar refractivity (Wildman–Crippen MR) is 43.0 cm³/mol. The molecule has 0 aromatic heterocycles. The third kappa shape index (κ3) is 3.53. The Bertz CT molecular complexity index is 241. The van der Waals surface area contributed by atoms with Crippen molar-refractivity contribution >= 4 is 18.5 Å². The van der Waals surface area contributed by atoms with Crippen LogP contribution in [0.4, 0.5) is 0 Å². The van der Waals surface area contributed by atoms with Gasteiger partial charge >= 0.3 is 6.72 Å². The van der Waals surface area contributed by atoms with Crippen LogP contribution < -0.4 is 0 Å². The van der Waals surface area contributed by atoms with Crippen molar-refractivity contribution in [1.82, 2.24) is 0 Å². The second-order valence-corrected chi connectivity index (χ2v) is 4.45. The summed E-state index contributed by atoms with van der Waals surface area (Å²) in [4.78, 5) is 17.4. The highest BCUT2D eigenvalue weighted by molar-refractivity contribution is 8.06. The zero-order valence-electron chi connectivity index (χ0n) is 5.51. The Morgan fingerprint density at radius 1 is 1.64 bits per heavy atom. The van der Waals surface area contributed by atoms with Gasteiger partial charge in [-0.15, -0.1) is 0 Å². The molecular formula is C5H7O4PS. The minimum Gasteiger partial charge on any atom is -0.493 e. The highest BCUT2D eigenvalue weighted by atomic mass is 32.5. The van der Waals surface area contributed by atoms with Gasteiger partial charge in [-0.3, -0.25) is 0 Å². The third-order valence-corrected chi connectivity index (χ3v) is 1.61. The molecule has 0 radical (unpaired) electrons. The number of hydrogen-bond donors (Lipinski definition) is 2. The Hall–Kier alpha value is -0.350. The summed E-state index contributed by atoms with van der Waals surface area (Å²) in [6.07, 6.45) is 4.63. The highest BCUT2D eigenvalue weighted by Gasteiger charge is 2.12. The molecular weight excluding hydrogens is 187 g/mol. The van der Waals surface area contributed by atoms with Crippen LogP contribution in [0.3, 0.4) is 0 Å². The summed E-state index contributed by atoms with van der Waals surface area (Å²) in [7, 11) is 0. The lowest BCUT2D eigenvalue weighted by atomic mass is 10.4. The molecule has 6 heteroatoms. The van der Waals surface area contributed by atoms with E-state index in [1.807, 2.05) is 0 Å². The van der Waals surface area contributed by atoms with Crippen molar-refractivity contribution in [3.63, 3.8) is 0 Å². The van der Waals surface area contributed by atoms with Crippen molar-refractivity contribution in [1.29, 1.82) is 0 Å². The monoisotopic (exact) mass is 194 g/mol. The molecule has 0 saturated carbocycles. The van der Waals surface area contributed by atoms with Crippen molar-refractivity contribution in [2.75, 3.05) is 6.61 Å². The minimum atomic E-state index is -3.58. The van der Waals surface area contributed by atoms with Crippen LogP contribution in [-0.2, 0) is 21.1 Å². The number of hydrogen-bond acceptors (Lipinski definition) is 3. The Kier molecular flexibility index (Phi) is 2.67. The summed E-state index contributed by atoms with van der Waals surface area (Å²) in [6.45, 7) is -3.39. The molecule has 62 valence electrons. The van der Waals surface area contributed by atoms with Crippen molar-refractivity contribution in [2.24, 2.45) is 0 Å². The summed E-state index contributed by atoms with van der Waals surface area (Å²) >= 11 is 4.25. The van der Waals surface area contributed by atoms with Crippen LogP contribution in [0.15, 0.2) is 24.2 Å². The zero-order valence-corrected chi connectivity index (χ0v) is 7.22. The minimum absolute atomic E-state index is 0.190. The summed E-state index contributed by atoms with van der Waals surface area (Å²) in [6, 6.07) is 0. The summed E-state index contributed by atoms with van der Waals surface area (Å²) < 4.78 is 9.40. The van der Waals surface area contributed by atoms with Crippen molar-refractivity contribution in [2.45, 2.75) is 0 Å². The van der Waals surface area contributed by atoms with Gasteiger partial charge in [-0.1, -0.05) is 0 Å². The maximum absolute atomic E-state index is 8.71. The lowest BCUT2D eigenvalue weighted by molar-refractivity contribution is 0.210. The Morgan fingerprint density at radius 2 is 2.36 bits per heavy atom. The molecule has 0 atom stereocenters. The van der Waals surface area contributed by atoms with E-state index in [1.165, 1.54) is 6.26 Å². The molecule has 0 aliphatic carbocycles. The summed E-state index contributed by atoms with van der Waals surface area (Å²) in [5.74, 6) is 0.334. The van der Waals surface area contributed by atoms with E-state index in [0.29, 0.717) is 5.76 Å². The van der Waals surface area contributed by atoms with Gasteiger partial charge in [0.2, 0.25) is 0 Å². The SMILES string of the molecule is OP(O)(=S)OC1=CC=COC1. The average molecular weight is 194 g/mol. The number of ether oxygens (including phenoxy) is 1. The van der Waals surface area contributed by atoms with Gasteiger partial charge in [-0.05, 0) is 12.2 Å². The number of allylic oxidation sites excluding steroid dienone is 2. The smallest absolute Gasteiger partial charge is 0.375 e. The molecule has 11 heavy (non-hydrogen) atoms. The molecule has 0 fully saturated rings. The normalized spacial score (nSPS) is 17.1. The van der Waals surface area contributed by atoms with Gasteiger partial charge < -0.3 is 19.0 Å². The topological polar surface area (TPSA) is 58.9 Å². The largest absolute Gasteiger partial charge is 0.493 e. The molecule has 0 saturated heterocycles. The lowest BCUT2D eigenvalue weighted by Crippen LogP contribution is -2.00. The first kappa shape index (κ1) is 8.74. The molecule has 1 heterocycles. The fraction of sp³-hybridized carbons (Fsp3) is 0.200.